The molecule has 0 radical (unpaired) electrons. The molecule has 390 valence electrons. The summed E-state index contributed by atoms with van der Waals surface area (Å²) in [4.78, 5) is 77.4. The minimum Gasteiger partial charge on any atom is -0.286 e. The van der Waals surface area contributed by atoms with Crippen molar-refractivity contribution in [2.75, 3.05) is 37.3 Å². The third kappa shape index (κ3) is 12.3. The van der Waals surface area contributed by atoms with E-state index in [4.69, 9.17) is 0 Å². The molecule has 3 aliphatic heterocycles. The molecule has 9 heterocycles. The summed E-state index contributed by atoms with van der Waals surface area (Å²) in [6.07, 6.45) is 9.53. The second kappa shape index (κ2) is 23.0. The van der Waals surface area contributed by atoms with Crippen molar-refractivity contribution in [2.24, 2.45) is 17.8 Å². The van der Waals surface area contributed by atoms with Crippen LogP contribution in [0, 0.1) is 51.7 Å². The lowest BCUT2D eigenvalue weighted by molar-refractivity contribution is 0.330. The van der Waals surface area contributed by atoms with Crippen LogP contribution in [-0.2, 0) is 35.9 Å². The zero-order chi connectivity index (χ0) is 54.6. The van der Waals surface area contributed by atoms with Crippen LogP contribution in [0.2, 0.25) is 0 Å². The van der Waals surface area contributed by atoms with Crippen LogP contribution in [0.3, 0.4) is 0 Å². The highest BCUT2D eigenvalue weighted by molar-refractivity contribution is 7.99. The number of alkyl halides is 3. The van der Waals surface area contributed by atoms with Crippen LogP contribution < -0.4 is 16.7 Å². The van der Waals surface area contributed by atoms with Crippen LogP contribution in [0.25, 0.3) is 33.8 Å². The van der Waals surface area contributed by atoms with Gasteiger partial charge in [-0.25, -0.2) is 44.9 Å². The van der Waals surface area contributed by atoms with E-state index in [1.807, 2.05) is 80.5 Å². The minimum atomic E-state index is -0.495. The van der Waals surface area contributed by atoms with Gasteiger partial charge in [0.2, 0.25) is 0 Å². The SMILES string of the molecule is CC(C)(C)c1ncc(-c2nc3n(c(=O)c2C#N)CC(CF)CS3)cn1.CC(C)(C)c1ncc(-c2nc3n(c(=O)c2C#N)C[C@@H](CF)CS3)cn1.CC(C)(C)c1ncc(-c2nc3n(c(=O)c2C#N)C[C@H](CF)CS3)cn1. The lowest BCUT2D eigenvalue weighted by Gasteiger charge is -2.23. The van der Waals surface area contributed by atoms with Crippen LogP contribution in [0.5, 0.6) is 0 Å². The van der Waals surface area contributed by atoms with Gasteiger partial charge in [0.1, 0.15) is 52.4 Å². The van der Waals surface area contributed by atoms with Crippen molar-refractivity contribution < 1.29 is 13.2 Å². The summed E-state index contributed by atoms with van der Waals surface area (Å²) in [7, 11) is 0. The fraction of sp³-hybridized carbons (Fsp3) is 0.471. The molecule has 0 saturated heterocycles. The Morgan fingerprint density at radius 3 is 0.880 bits per heavy atom. The monoisotopic (exact) mass is 1080 g/mol. The summed E-state index contributed by atoms with van der Waals surface area (Å²) in [6, 6.07) is 5.81. The fourth-order valence-electron chi connectivity index (χ4n) is 7.65. The molecule has 0 amide bonds. The van der Waals surface area contributed by atoms with E-state index in [9.17, 15) is 43.3 Å². The molecule has 18 nitrogen and oxygen atoms in total. The average molecular weight is 1080 g/mol. The van der Waals surface area contributed by atoms with Gasteiger partial charge in [-0.1, -0.05) is 97.6 Å². The topological polar surface area (TPSA) is 253 Å². The van der Waals surface area contributed by atoms with Crippen LogP contribution in [0.4, 0.5) is 13.2 Å². The number of nitrogens with zero attached hydrogens (tertiary/aromatic N) is 15. The van der Waals surface area contributed by atoms with Gasteiger partial charge in [-0.2, -0.15) is 15.8 Å². The molecule has 75 heavy (non-hydrogen) atoms. The Bertz CT molecular complexity index is 3050. The van der Waals surface area contributed by atoms with E-state index < -0.39 is 36.7 Å². The molecule has 9 rings (SSSR count). The van der Waals surface area contributed by atoms with Gasteiger partial charge in [-0.15, -0.1) is 0 Å². The third-order valence-electron chi connectivity index (χ3n) is 11.8. The van der Waals surface area contributed by atoms with E-state index in [-0.39, 0.29) is 87.4 Å². The van der Waals surface area contributed by atoms with Crippen molar-refractivity contribution in [3.63, 3.8) is 0 Å². The first-order chi connectivity index (χ1) is 35.5. The molecule has 0 fully saturated rings. The van der Waals surface area contributed by atoms with E-state index >= 15 is 0 Å². The van der Waals surface area contributed by atoms with Crippen molar-refractivity contribution in [3.8, 4) is 52.0 Å². The Labute approximate surface area is 443 Å². The molecule has 1 unspecified atom stereocenters. The van der Waals surface area contributed by atoms with E-state index in [0.29, 0.717) is 66.9 Å². The van der Waals surface area contributed by atoms with Gasteiger partial charge >= 0.3 is 0 Å². The molecule has 0 aliphatic carbocycles. The van der Waals surface area contributed by atoms with Crippen LogP contribution in [-0.4, -0.2) is 95.8 Å². The Kier molecular flexibility index (Phi) is 17.1. The molecular formula is C51H54F3N15O3S3. The van der Waals surface area contributed by atoms with Gasteiger partial charge in [0.25, 0.3) is 16.7 Å². The first-order valence-electron chi connectivity index (χ1n) is 23.7. The molecule has 24 heteroatoms. The minimum absolute atomic E-state index is 0.0593. The van der Waals surface area contributed by atoms with Gasteiger partial charge in [0.15, 0.2) is 15.5 Å². The molecule has 3 atom stereocenters. The fourth-order valence-corrected chi connectivity index (χ4v) is 10.8. The number of hydrogen-bond acceptors (Lipinski definition) is 18. The van der Waals surface area contributed by atoms with E-state index in [0.717, 1.165) is 0 Å². The number of aromatic nitrogens is 12. The Hall–Kier alpha value is -6.81. The quantitative estimate of drug-likeness (QED) is 0.145. The summed E-state index contributed by atoms with van der Waals surface area (Å²) >= 11 is 4.00. The van der Waals surface area contributed by atoms with Crippen LogP contribution >= 0.6 is 35.3 Å². The van der Waals surface area contributed by atoms with Crippen LogP contribution in [0.1, 0.15) is 96.5 Å². The van der Waals surface area contributed by atoms with Gasteiger partial charge in [-0.3, -0.25) is 41.3 Å². The summed E-state index contributed by atoms with van der Waals surface area (Å²) < 4.78 is 43.0. The largest absolute Gasteiger partial charge is 0.286 e. The predicted octanol–water partition coefficient (Wildman–Crippen LogP) is 7.68. The maximum atomic E-state index is 12.9. The first kappa shape index (κ1) is 55.9. The second-order valence-corrected chi connectivity index (χ2v) is 24.0. The van der Waals surface area contributed by atoms with Crippen molar-refractivity contribution >= 4 is 35.3 Å². The number of hydrogen-bond donors (Lipinski definition) is 0. The van der Waals surface area contributed by atoms with Crippen molar-refractivity contribution in [1.82, 2.24) is 58.6 Å². The predicted molar refractivity (Wildman–Crippen MR) is 279 cm³/mol. The lowest BCUT2D eigenvalue weighted by atomic mass is 9.95. The van der Waals surface area contributed by atoms with E-state index in [1.54, 1.807) is 37.2 Å². The molecule has 0 N–H and O–H groups in total. The number of nitriles is 3. The summed E-state index contributed by atoms with van der Waals surface area (Å²) in [5.74, 6) is 3.00. The van der Waals surface area contributed by atoms with Crippen molar-refractivity contribution in [3.05, 3.63) is 102 Å². The molecule has 6 aromatic heterocycles. The lowest BCUT2D eigenvalue weighted by Crippen LogP contribution is -2.33. The highest BCUT2D eigenvalue weighted by atomic mass is 32.2. The average Bonchev–Trinajstić information content (AvgIpc) is 3.40. The number of rotatable bonds is 6. The number of halogens is 3. The molecule has 0 saturated carbocycles. The molecule has 6 aromatic rings. The second-order valence-electron chi connectivity index (χ2n) is 21.1. The van der Waals surface area contributed by atoms with Gasteiger partial charge in [0, 0.05) is 125 Å². The molecular weight excluding hydrogens is 1020 g/mol. The standard InChI is InChI=1S/3C17H18FN5OS/c3*1-17(2,3)15-20-6-11(7-21-15)13-12(5-19)14(24)23-8-10(4-18)9-25-16(23)22-13/h3*6-7,10H,4,8-9H2,1-3H3/t2*10-;/m10./s1. The summed E-state index contributed by atoms with van der Waals surface area (Å²) in [6.45, 7) is 17.3. The Balaban J connectivity index is 0.000000164. The van der Waals surface area contributed by atoms with E-state index in [1.165, 1.54) is 49.0 Å². The van der Waals surface area contributed by atoms with Gasteiger partial charge in [-0.05, 0) is 0 Å². The molecule has 0 bridgehead atoms. The summed E-state index contributed by atoms with van der Waals surface area (Å²) in [5.41, 5.74) is 0.345. The molecule has 0 spiro atoms. The molecule has 0 aromatic carbocycles. The zero-order valence-corrected chi connectivity index (χ0v) is 45.3. The Morgan fingerprint density at radius 2 is 0.693 bits per heavy atom. The molecule has 3 aliphatic rings. The van der Waals surface area contributed by atoms with Gasteiger partial charge in [0.05, 0.1) is 37.1 Å². The Morgan fingerprint density at radius 1 is 0.467 bits per heavy atom. The first-order valence-corrected chi connectivity index (χ1v) is 26.7. The number of fused-ring (bicyclic) bond motifs is 3. The maximum absolute atomic E-state index is 12.9. The van der Waals surface area contributed by atoms with E-state index in [2.05, 4.69) is 44.9 Å². The van der Waals surface area contributed by atoms with Crippen LogP contribution in [0.15, 0.2) is 67.0 Å². The van der Waals surface area contributed by atoms with Crippen molar-refractivity contribution in [1.29, 1.82) is 15.8 Å². The summed E-state index contributed by atoms with van der Waals surface area (Å²) in [5, 5.41) is 29.8. The number of thioether (sulfide) groups is 3. The third-order valence-corrected chi connectivity index (χ3v) is 15.5. The zero-order valence-electron chi connectivity index (χ0n) is 42.9. The smallest absolute Gasteiger partial charge is 0.272 e. The maximum Gasteiger partial charge on any atom is 0.272 e. The normalized spacial score (nSPS) is 17.0. The van der Waals surface area contributed by atoms with Crippen molar-refractivity contribution in [2.45, 2.75) is 114 Å². The highest BCUT2D eigenvalue weighted by Crippen LogP contribution is 2.33. The highest BCUT2D eigenvalue weighted by Gasteiger charge is 2.30. The van der Waals surface area contributed by atoms with Gasteiger partial charge < -0.3 is 0 Å².